The zero-order valence-electron chi connectivity index (χ0n) is 31.2. The minimum absolute atomic E-state index is 0.00436. The monoisotopic (exact) mass is 788 g/mol. The summed E-state index contributed by atoms with van der Waals surface area (Å²) in [6.45, 7) is 9.23. The van der Waals surface area contributed by atoms with Crippen molar-refractivity contribution in [2.45, 2.75) is 79.1 Å². The fraction of sp³-hybridized carbons (Fsp3) is 0.348. The van der Waals surface area contributed by atoms with Crippen LogP contribution in [0.15, 0.2) is 121 Å². The minimum atomic E-state index is -0.556. The Bertz CT molecular complexity index is 1660. The average molecular weight is 790 g/mol. The molecular weight excluding hydrogens is 733 g/mol. The Morgan fingerprint density at radius 2 is 0.804 bits per heavy atom. The molecule has 0 aromatic heterocycles. The Morgan fingerprint density at radius 1 is 0.471 bits per heavy atom. The summed E-state index contributed by atoms with van der Waals surface area (Å²) in [6.07, 6.45) is 16.2. The van der Waals surface area contributed by atoms with E-state index in [2.05, 4.69) is 149 Å². The van der Waals surface area contributed by atoms with Crippen LogP contribution in [-0.4, -0.2) is 24.6 Å². The standard InChI is InChI=1S/2C23H28P.2ClH.Ti/c2*1-3-5-15-24(16-6-4-2)21-17-20-13-10-14-22(23(20)18-21)19-11-8-7-9-12-19;;;/h2*7-14,17-18H,3-6,15-16H2,1-2H3;2*1H;/q2*-1;;;+2/p-2. The number of halogens is 2. The van der Waals surface area contributed by atoms with Crippen molar-refractivity contribution in [3.05, 3.63) is 121 Å². The van der Waals surface area contributed by atoms with Gasteiger partial charge in [-0.25, -0.2) is 0 Å². The van der Waals surface area contributed by atoms with Crippen LogP contribution in [0.1, 0.15) is 79.1 Å². The van der Waals surface area contributed by atoms with E-state index < -0.39 is 17.0 Å². The summed E-state index contributed by atoms with van der Waals surface area (Å²) < 4.78 is 0. The molecule has 0 spiro atoms. The molecule has 0 N–H and O–H groups in total. The van der Waals surface area contributed by atoms with Crippen molar-refractivity contribution in [3.63, 3.8) is 0 Å². The first-order valence-corrected chi connectivity index (χ1v) is 26.8. The van der Waals surface area contributed by atoms with Crippen LogP contribution in [0.25, 0.3) is 43.8 Å². The van der Waals surface area contributed by atoms with Gasteiger partial charge < -0.3 is 0 Å². The second-order valence-corrected chi connectivity index (χ2v) is 20.8. The van der Waals surface area contributed by atoms with E-state index in [-0.39, 0.29) is 15.8 Å². The summed E-state index contributed by atoms with van der Waals surface area (Å²) in [5, 5.41) is 8.91. The quantitative estimate of drug-likeness (QED) is 0.0520. The molecule has 6 aromatic carbocycles. The van der Waals surface area contributed by atoms with Gasteiger partial charge in [0.15, 0.2) is 0 Å². The van der Waals surface area contributed by atoms with Gasteiger partial charge in [-0.2, -0.15) is 12.1 Å². The van der Waals surface area contributed by atoms with E-state index in [1.165, 1.54) is 120 Å². The van der Waals surface area contributed by atoms with Crippen molar-refractivity contribution in [3.8, 4) is 22.3 Å². The molecule has 0 bridgehead atoms. The molecule has 0 unspecified atom stereocenters. The van der Waals surface area contributed by atoms with Gasteiger partial charge in [0.05, 0.1) is 0 Å². The van der Waals surface area contributed by atoms with Crippen molar-refractivity contribution in [1.29, 1.82) is 0 Å². The summed E-state index contributed by atoms with van der Waals surface area (Å²) in [5.41, 5.74) is 5.40. The number of benzene rings is 4. The van der Waals surface area contributed by atoms with Crippen molar-refractivity contribution in [2.75, 3.05) is 24.6 Å². The van der Waals surface area contributed by atoms with Crippen LogP contribution in [0.5, 0.6) is 0 Å². The molecule has 0 saturated heterocycles. The third-order valence-corrected chi connectivity index (χ3v) is 14.9. The van der Waals surface area contributed by atoms with Crippen LogP contribution in [0.2, 0.25) is 0 Å². The molecule has 0 saturated carbocycles. The molecule has 51 heavy (non-hydrogen) atoms. The summed E-state index contributed by atoms with van der Waals surface area (Å²) >= 11 is -0.556. The second kappa shape index (κ2) is 23.8. The Hall–Kier alpha value is -1.75. The van der Waals surface area contributed by atoms with E-state index in [4.69, 9.17) is 18.6 Å². The zero-order valence-corrected chi connectivity index (χ0v) is 36.0. The topological polar surface area (TPSA) is 0 Å². The third kappa shape index (κ3) is 12.7. The molecule has 270 valence electrons. The summed E-state index contributed by atoms with van der Waals surface area (Å²) in [5.74, 6) is 0. The van der Waals surface area contributed by atoms with E-state index in [1.807, 2.05) is 0 Å². The molecule has 0 radical (unpaired) electrons. The fourth-order valence-electron chi connectivity index (χ4n) is 6.68. The maximum absolute atomic E-state index is 4.89. The van der Waals surface area contributed by atoms with Gasteiger partial charge in [0, 0.05) is 0 Å². The number of unbranched alkanes of at least 4 members (excludes halogenated alkanes) is 4. The van der Waals surface area contributed by atoms with Crippen molar-refractivity contribution < 1.29 is 17.0 Å². The molecule has 0 heterocycles. The van der Waals surface area contributed by atoms with Gasteiger partial charge in [0.25, 0.3) is 0 Å². The van der Waals surface area contributed by atoms with E-state index in [1.54, 1.807) is 10.6 Å². The molecule has 5 heteroatoms. The van der Waals surface area contributed by atoms with Crippen LogP contribution in [0, 0.1) is 0 Å². The number of fused-ring (bicyclic) bond motifs is 2. The van der Waals surface area contributed by atoms with E-state index in [0.717, 1.165) is 0 Å². The molecule has 0 amide bonds. The van der Waals surface area contributed by atoms with Gasteiger partial charge in [-0.15, -0.1) is 68.6 Å². The number of hydrogen-bond acceptors (Lipinski definition) is 0. The number of rotatable bonds is 16. The van der Waals surface area contributed by atoms with E-state index in [0.29, 0.717) is 0 Å². The van der Waals surface area contributed by atoms with Crippen molar-refractivity contribution in [1.82, 2.24) is 0 Å². The van der Waals surface area contributed by atoms with E-state index >= 15 is 0 Å². The fourth-order valence-corrected chi connectivity index (χ4v) is 12.2. The first-order chi connectivity index (χ1) is 25.1. The Balaban J connectivity index is 0.000000212. The summed E-state index contributed by atoms with van der Waals surface area (Å²) in [6, 6.07) is 45.0. The van der Waals surface area contributed by atoms with Gasteiger partial charge in [-0.05, 0) is 61.5 Å². The van der Waals surface area contributed by atoms with Crippen LogP contribution < -0.4 is 10.6 Å². The normalized spacial score (nSPS) is 11.1. The molecule has 0 fully saturated rings. The molecule has 6 rings (SSSR count). The van der Waals surface area contributed by atoms with Gasteiger partial charge in [0.2, 0.25) is 0 Å². The molecular formula is C46H56Cl2P2Ti-2. The molecule has 0 atom stereocenters. The SMILES string of the molecule is CCCCP(CCCC)c1cc2c(-c3ccccc3)cccc2[cH-]1.CCCCP(CCCC)c1cc2c(-c3ccccc3)cccc2[cH-]1.[Cl][Ti][Cl]. The third-order valence-electron chi connectivity index (χ3n) is 9.50. The average Bonchev–Trinajstić information content (AvgIpc) is 3.81. The Kier molecular flexibility index (Phi) is 19.6. The molecule has 0 aliphatic carbocycles. The maximum atomic E-state index is 4.89. The van der Waals surface area contributed by atoms with Crippen LogP contribution in [0.3, 0.4) is 0 Å². The first kappa shape index (κ1) is 42.0. The second-order valence-electron chi connectivity index (χ2n) is 13.2. The Labute approximate surface area is 328 Å². The van der Waals surface area contributed by atoms with Crippen molar-refractivity contribution in [2.24, 2.45) is 0 Å². The molecule has 6 aromatic rings. The molecule has 0 aliphatic heterocycles. The Morgan fingerprint density at radius 3 is 1.12 bits per heavy atom. The van der Waals surface area contributed by atoms with Gasteiger partial charge >= 0.3 is 35.6 Å². The zero-order chi connectivity index (χ0) is 36.3. The predicted molar refractivity (Wildman–Crippen MR) is 234 cm³/mol. The summed E-state index contributed by atoms with van der Waals surface area (Å²) in [7, 11) is 9.79. The summed E-state index contributed by atoms with van der Waals surface area (Å²) in [4.78, 5) is 0. The van der Waals surface area contributed by atoms with Gasteiger partial charge in [-0.3, -0.25) is 0 Å². The van der Waals surface area contributed by atoms with Crippen LogP contribution >= 0.6 is 34.5 Å². The number of hydrogen-bond donors (Lipinski definition) is 0. The van der Waals surface area contributed by atoms with Crippen LogP contribution in [0.4, 0.5) is 0 Å². The van der Waals surface area contributed by atoms with Crippen molar-refractivity contribution >= 4 is 66.6 Å². The first-order valence-electron chi connectivity index (χ1n) is 19.0. The molecule has 0 nitrogen and oxygen atoms in total. The van der Waals surface area contributed by atoms with Gasteiger partial charge in [0.1, 0.15) is 0 Å². The van der Waals surface area contributed by atoms with Gasteiger partial charge in [-0.1, -0.05) is 153 Å². The van der Waals surface area contributed by atoms with Crippen LogP contribution in [-0.2, 0) is 17.0 Å². The predicted octanol–water partition coefficient (Wildman–Crippen LogP) is 15.2. The van der Waals surface area contributed by atoms with E-state index in [9.17, 15) is 0 Å². The molecule has 0 aliphatic rings.